The van der Waals surface area contributed by atoms with E-state index in [-0.39, 0.29) is 11.3 Å². The molecule has 1 unspecified atom stereocenters. The zero-order valence-electron chi connectivity index (χ0n) is 11.7. The van der Waals surface area contributed by atoms with Gasteiger partial charge in [0.25, 0.3) is 0 Å². The Hall–Kier alpha value is -0.830. The summed E-state index contributed by atoms with van der Waals surface area (Å²) >= 11 is 0. The van der Waals surface area contributed by atoms with Gasteiger partial charge in [0.05, 0.1) is 5.41 Å². The van der Waals surface area contributed by atoms with Crippen LogP contribution in [-0.2, 0) is 4.79 Å². The first kappa shape index (κ1) is 13.6. The van der Waals surface area contributed by atoms with E-state index in [1.807, 2.05) is 0 Å². The van der Waals surface area contributed by atoms with Crippen molar-refractivity contribution in [3.05, 3.63) is 11.6 Å². The first-order valence-electron chi connectivity index (χ1n) is 7.32. The van der Waals surface area contributed by atoms with E-state index in [1.165, 1.54) is 24.8 Å². The second-order valence-electron chi connectivity index (χ2n) is 6.00. The second kappa shape index (κ2) is 5.87. The highest BCUT2D eigenvalue weighted by atomic mass is 16.2. The predicted molar refractivity (Wildman–Crippen MR) is 74.3 cm³/mol. The molecule has 0 spiro atoms. The SMILES string of the molecule is CC(C)C1(C(=O)NCCC2=CCCC2)CCNC1. The predicted octanol–water partition coefficient (Wildman–Crippen LogP) is 2.24. The first-order valence-corrected chi connectivity index (χ1v) is 7.32. The van der Waals surface area contributed by atoms with Crippen LogP contribution in [-0.4, -0.2) is 25.5 Å². The highest BCUT2D eigenvalue weighted by Crippen LogP contribution is 2.34. The van der Waals surface area contributed by atoms with Crippen molar-refractivity contribution in [2.75, 3.05) is 19.6 Å². The van der Waals surface area contributed by atoms with Gasteiger partial charge in [0.2, 0.25) is 5.91 Å². The second-order valence-corrected chi connectivity index (χ2v) is 6.00. The van der Waals surface area contributed by atoms with E-state index in [4.69, 9.17) is 0 Å². The number of carbonyl (C=O) groups excluding carboxylic acids is 1. The van der Waals surface area contributed by atoms with Crippen LogP contribution in [0.1, 0.15) is 46.0 Å². The minimum absolute atomic E-state index is 0.177. The highest BCUT2D eigenvalue weighted by molar-refractivity contribution is 5.83. The Labute approximate surface area is 110 Å². The van der Waals surface area contributed by atoms with Gasteiger partial charge >= 0.3 is 0 Å². The number of hydrogen-bond acceptors (Lipinski definition) is 2. The summed E-state index contributed by atoms with van der Waals surface area (Å²) < 4.78 is 0. The van der Waals surface area contributed by atoms with Gasteiger partial charge in [-0.05, 0) is 44.6 Å². The average molecular weight is 250 g/mol. The Morgan fingerprint density at radius 2 is 2.39 bits per heavy atom. The lowest BCUT2D eigenvalue weighted by Crippen LogP contribution is -2.46. The van der Waals surface area contributed by atoms with Crippen LogP contribution in [0.3, 0.4) is 0 Å². The fraction of sp³-hybridized carbons (Fsp3) is 0.800. The zero-order chi connectivity index (χ0) is 13.0. The van der Waals surface area contributed by atoms with E-state index >= 15 is 0 Å². The van der Waals surface area contributed by atoms with Gasteiger partial charge in [-0.2, -0.15) is 0 Å². The summed E-state index contributed by atoms with van der Waals surface area (Å²) in [5.41, 5.74) is 1.35. The monoisotopic (exact) mass is 250 g/mol. The zero-order valence-corrected chi connectivity index (χ0v) is 11.7. The summed E-state index contributed by atoms with van der Waals surface area (Å²) in [4.78, 5) is 12.4. The van der Waals surface area contributed by atoms with Gasteiger partial charge in [0, 0.05) is 13.1 Å². The van der Waals surface area contributed by atoms with Crippen molar-refractivity contribution in [1.82, 2.24) is 10.6 Å². The summed E-state index contributed by atoms with van der Waals surface area (Å²) in [6.45, 7) is 6.92. The third-order valence-electron chi connectivity index (χ3n) is 4.61. The molecule has 0 bridgehead atoms. The normalized spacial score (nSPS) is 27.6. The molecule has 2 aliphatic rings. The maximum Gasteiger partial charge on any atom is 0.227 e. The van der Waals surface area contributed by atoms with Crippen LogP contribution < -0.4 is 10.6 Å². The maximum atomic E-state index is 12.4. The summed E-state index contributed by atoms with van der Waals surface area (Å²) in [5.74, 6) is 0.652. The van der Waals surface area contributed by atoms with Gasteiger partial charge in [-0.3, -0.25) is 4.79 Å². The highest BCUT2D eigenvalue weighted by Gasteiger charge is 2.43. The van der Waals surface area contributed by atoms with Crippen molar-refractivity contribution in [3.8, 4) is 0 Å². The van der Waals surface area contributed by atoms with Crippen LogP contribution in [0.15, 0.2) is 11.6 Å². The lowest BCUT2D eigenvalue weighted by molar-refractivity contribution is -0.132. The minimum atomic E-state index is -0.177. The number of hydrogen-bond donors (Lipinski definition) is 2. The third kappa shape index (κ3) is 2.77. The Bertz CT molecular complexity index is 327. The van der Waals surface area contributed by atoms with Gasteiger partial charge in [0.15, 0.2) is 0 Å². The molecule has 2 rings (SSSR count). The molecule has 2 N–H and O–H groups in total. The molecule has 1 amide bonds. The fourth-order valence-corrected chi connectivity index (χ4v) is 3.14. The van der Waals surface area contributed by atoms with Crippen molar-refractivity contribution in [3.63, 3.8) is 0 Å². The third-order valence-corrected chi connectivity index (χ3v) is 4.61. The number of rotatable bonds is 5. The topological polar surface area (TPSA) is 41.1 Å². The lowest BCUT2D eigenvalue weighted by atomic mass is 9.75. The van der Waals surface area contributed by atoms with Crippen LogP contribution in [0.5, 0.6) is 0 Å². The van der Waals surface area contributed by atoms with Crippen LogP contribution in [0.2, 0.25) is 0 Å². The number of carbonyl (C=O) groups is 1. The van der Waals surface area contributed by atoms with Crippen LogP contribution in [0.4, 0.5) is 0 Å². The number of allylic oxidation sites excluding steroid dienone is 1. The molecule has 0 aromatic rings. The molecule has 3 nitrogen and oxygen atoms in total. The van der Waals surface area contributed by atoms with E-state index in [1.54, 1.807) is 0 Å². The molecule has 1 aliphatic carbocycles. The van der Waals surface area contributed by atoms with Crippen molar-refractivity contribution in [1.29, 1.82) is 0 Å². The molecule has 0 aromatic heterocycles. The molecule has 102 valence electrons. The molecule has 3 heteroatoms. The van der Waals surface area contributed by atoms with E-state index in [2.05, 4.69) is 30.6 Å². The standard InChI is InChI=1S/C15H26N2O/c1-12(2)15(8-10-16-11-15)14(18)17-9-7-13-5-3-4-6-13/h5,12,16H,3-4,6-11H2,1-2H3,(H,17,18). The first-order chi connectivity index (χ1) is 8.65. The Morgan fingerprint density at radius 3 is 2.94 bits per heavy atom. The van der Waals surface area contributed by atoms with Crippen LogP contribution >= 0.6 is 0 Å². The summed E-state index contributed by atoms with van der Waals surface area (Å²) in [6.07, 6.45) is 8.09. The van der Waals surface area contributed by atoms with Crippen LogP contribution in [0.25, 0.3) is 0 Å². The van der Waals surface area contributed by atoms with Gasteiger partial charge in [0.1, 0.15) is 0 Å². The molecule has 18 heavy (non-hydrogen) atoms. The van der Waals surface area contributed by atoms with Gasteiger partial charge in [-0.1, -0.05) is 25.5 Å². The van der Waals surface area contributed by atoms with E-state index in [0.717, 1.165) is 32.5 Å². The quantitative estimate of drug-likeness (QED) is 0.735. The Morgan fingerprint density at radius 1 is 1.56 bits per heavy atom. The molecule has 1 heterocycles. The van der Waals surface area contributed by atoms with E-state index < -0.39 is 0 Å². The smallest absolute Gasteiger partial charge is 0.227 e. The van der Waals surface area contributed by atoms with Crippen molar-refractivity contribution < 1.29 is 4.79 Å². The molecule has 0 radical (unpaired) electrons. The van der Waals surface area contributed by atoms with Gasteiger partial charge < -0.3 is 10.6 Å². The Kier molecular flexibility index (Phi) is 4.44. The molecule has 0 aromatic carbocycles. The van der Waals surface area contributed by atoms with Crippen molar-refractivity contribution in [2.45, 2.75) is 46.0 Å². The van der Waals surface area contributed by atoms with Crippen molar-refractivity contribution >= 4 is 5.91 Å². The summed E-state index contributed by atoms with van der Waals surface area (Å²) in [6, 6.07) is 0. The summed E-state index contributed by atoms with van der Waals surface area (Å²) in [5, 5.41) is 6.49. The van der Waals surface area contributed by atoms with Gasteiger partial charge in [-0.25, -0.2) is 0 Å². The average Bonchev–Trinajstić information content (AvgIpc) is 3.00. The van der Waals surface area contributed by atoms with Crippen molar-refractivity contribution in [2.24, 2.45) is 11.3 Å². The molecular weight excluding hydrogens is 224 g/mol. The minimum Gasteiger partial charge on any atom is -0.355 e. The van der Waals surface area contributed by atoms with E-state index in [0.29, 0.717) is 5.92 Å². The lowest BCUT2D eigenvalue weighted by Gasteiger charge is -2.31. The fourth-order valence-electron chi connectivity index (χ4n) is 3.14. The molecular formula is C15H26N2O. The largest absolute Gasteiger partial charge is 0.355 e. The maximum absolute atomic E-state index is 12.4. The van der Waals surface area contributed by atoms with Gasteiger partial charge in [-0.15, -0.1) is 0 Å². The van der Waals surface area contributed by atoms with E-state index in [9.17, 15) is 4.79 Å². The molecule has 1 saturated heterocycles. The molecule has 1 fully saturated rings. The number of nitrogens with one attached hydrogen (secondary N) is 2. The summed E-state index contributed by atoms with van der Waals surface area (Å²) in [7, 11) is 0. The van der Waals surface area contributed by atoms with Crippen LogP contribution in [0, 0.1) is 11.3 Å². The molecule has 0 saturated carbocycles. The number of amides is 1. The Balaban J connectivity index is 1.82. The molecule has 1 aliphatic heterocycles. The molecule has 1 atom stereocenters.